The Morgan fingerprint density at radius 3 is 2.83 bits per heavy atom. The molecule has 0 spiro atoms. The Morgan fingerprint density at radius 2 is 2.33 bits per heavy atom. The number of ether oxygens (including phenoxy) is 1. The monoisotopic (exact) mass is 170 g/mol. The molecule has 0 atom stereocenters. The molecule has 0 bridgehead atoms. The first kappa shape index (κ1) is 9.36. The van der Waals surface area contributed by atoms with E-state index >= 15 is 0 Å². The van der Waals surface area contributed by atoms with Gasteiger partial charge in [0.25, 0.3) is 0 Å². The lowest BCUT2D eigenvalue weighted by atomic mass is 10.4. The zero-order valence-electron chi connectivity index (χ0n) is 7.58. The molecular formula is C9H16NO2. The minimum Gasteiger partial charge on any atom is -0.449 e. The molecule has 0 aliphatic heterocycles. The van der Waals surface area contributed by atoms with Crippen molar-refractivity contribution in [3.8, 4) is 0 Å². The van der Waals surface area contributed by atoms with Gasteiger partial charge in [-0.05, 0) is 19.3 Å². The molecule has 12 heavy (non-hydrogen) atoms. The molecule has 1 rings (SSSR count). The number of hydrogen-bond donors (Lipinski definition) is 0. The van der Waals surface area contributed by atoms with Crippen LogP contribution in [-0.2, 0) is 4.74 Å². The van der Waals surface area contributed by atoms with Crippen LogP contribution in [0.2, 0.25) is 0 Å². The zero-order valence-corrected chi connectivity index (χ0v) is 7.58. The van der Waals surface area contributed by atoms with Crippen LogP contribution in [-0.4, -0.2) is 23.6 Å². The van der Waals surface area contributed by atoms with Gasteiger partial charge in [0.2, 0.25) is 0 Å². The van der Waals surface area contributed by atoms with Gasteiger partial charge in [-0.2, -0.15) is 0 Å². The molecule has 1 radical (unpaired) electrons. The molecule has 1 aliphatic rings. The second kappa shape index (κ2) is 4.33. The average Bonchev–Trinajstić information content (AvgIpc) is 2.86. The van der Waals surface area contributed by atoms with E-state index in [1.807, 2.05) is 0 Å². The molecule has 0 aromatic heterocycles. The highest BCUT2D eigenvalue weighted by Crippen LogP contribution is 2.26. The summed E-state index contributed by atoms with van der Waals surface area (Å²) in [5, 5.41) is 0. The number of amides is 1. The summed E-state index contributed by atoms with van der Waals surface area (Å²) < 4.78 is 4.97. The van der Waals surface area contributed by atoms with E-state index in [1.165, 1.54) is 4.90 Å². The molecule has 0 saturated heterocycles. The van der Waals surface area contributed by atoms with Gasteiger partial charge in [0.15, 0.2) is 0 Å². The Labute approximate surface area is 73.7 Å². The van der Waals surface area contributed by atoms with Gasteiger partial charge < -0.3 is 9.64 Å². The van der Waals surface area contributed by atoms with Crippen molar-refractivity contribution in [3.63, 3.8) is 0 Å². The van der Waals surface area contributed by atoms with Crippen molar-refractivity contribution in [2.75, 3.05) is 6.61 Å². The van der Waals surface area contributed by atoms with Gasteiger partial charge in [-0.15, -0.1) is 0 Å². The Kier molecular flexibility index (Phi) is 3.38. The number of nitrogens with zero attached hydrogens (tertiary/aromatic N) is 1. The Bertz CT molecular complexity index is 155. The average molecular weight is 170 g/mol. The topological polar surface area (TPSA) is 29.5 Å². The number of hydrogen-bond acceptors (Lipinski definition) is 2. The van der Waals surface area contributed by atoms with E-state index in [1.54, 1.807) is 0 Å². The summed E-state index contributed by atoms with van der Waals surface area (Å²) in [5.41, 5.74) is 0. The molecule has 1 amide bonds. The molecule has 0 aromatic carbocycles. The van der Waals surface area contributed by atoms with Gasteiger partial charge in [-0.3, -0.25) is 0 Å². The van der Waals surface area contributed by atoms with Crippen LogP contribution in [0.25, 0.3) is 0 Å². The minimum absolute atomic E-state index is 0.272. The Balaban J connectivity index is 2.09. The number of carbonyl (C=O) groups is 1. The second-order valence-electron chi connectivity index (χ2n) is 3.17. The maximum atomic E-state index is 11.1. The maximum Gasteiger partial charge on any atom is 0.410 e. The highest BCUT2D eigenvalue weighted by molar-refractivity contribution is 5.68. The molecule has 1 saturated carbocycles. The number of carbonyl (C=O) groups excluding carboxylic acids is 1. The molecule has 0 N–H and O–H groups in total. The first-order chi connectivity index (χ1) is 5.75. The Morgan fingerprint density at radius 1 is 1.67 bits per heavy atom. The molecule has 1 aliphatic carbocycles. The molecule has 1 fully saturated rings. The van der Waals surface area contributed by atoms with Crippen molar-refractivity contribution in [1.82, 2.24) is 4.90 Å². The van der Waals surface area contributed by atoms with Crippen molar-refractivity contribution in [1.29, 1.82) is 0 Å². The van der Waals surface area contributed by atoms with Gasteiger partial charge in [0, 0.05) is 13.1 Å². The van der Waals surface area contributed by atoms with Crippen LogP contribution >= 0.6 is 0 Å². The van der Waals surface area contributed by atoms with Crippen LogP contribution in [0.15, 0.2) is 0 Å². The van der Waals surface area contributed by atoms with Gasteiger partial charge in [0.05, 0.1) is 6.61 Å². The van der Waals surface area contributed by atoms with Crippen LogP contribution in [0.5, 0.6) is 0 Å². The predicted molar refractivity (Wildman–Crippen MR) is 46.5 cm³/mol. The largest absolute Gasteiger partial charge is 0.449 e. The number of rotatable bonds is 4. The summed E-state index contributed by atoms with van der Waals surface area (Å²) in [6, 6.07) is 0.346. The first-order valence-corrected chi connectivity index (χ1v) is 4.52. The van der Waals surface area contributed by atoms with Gasteiger partial charge in [0.1, 0.15) is 0 Å². The highest BCUT2D eigenvalue weighted by Gasteiger charge is 2.30. The van der Waals surface area contributed by atoms with Crippen molar-refractivity contribution >= 4 is 6.09 Å². The van der Waals surface area contributed by atoms with E-state index in [-0.39, 0.29) is 6.09 Å². The van der Waals surface area contributed by atoms with Crippen LogP contribution in [0.1, 0.15) is 32.6 Å². The molecule has 0 aromatic rings. The van der Waals surface area contributed by atoms with E-state index in [2.05, 4.69) is 14.0 Å². The van der Waals surface area contributed by atoms with Crippen LogP contribution in [0, 0.1) is 7.05 Å². The molecule has 69 valence electrons. The third kappa shape index (κ3) is 2.72. The van der Waals surface area contributed by atoms with Crippen LogP contribution in [0.4, 0.5) is 4.79 Å². The van der Waals surface area contributed by atoms with Crippen LogP contribution < -0.4 is 0 Å². The standard InChI is InChI=1S/C9H16NO2/c1-3-4-7-12-9(11)10(2)8-5-6-8/h8H,2-7H2,1H3. The minimum atomic E-state index is -0.272. The molecule has 3 heteroatoms. The lowest BCUT2D eigenvalue weighted by molar-refractivity contribution is 0.113. The second-order valence-corrected chi connectivity index (χ2v) is 3.17. The lowest BCUT2D eigenvalue weighted by Gasteiger charge is -2.15. The fraction of sp³-hybridized carbons (Fsp3) is 0.778. The SMILES string of the molecule is [CH2]N(C(=O)OCCCC)C1CC1. The van der Waals surface area contributed by atoms with Gasteiger partial charge >= 0.3 is 6.09 Å². The molecule has 3 nitrogen and oxygen atoms in total. The third-order valence-electron chi connectivity index (χ3n) is 1.95. The van der Waals surface area contributed by atoms with E-state index in [9.17, 15) is 4.79 Å². The summed E-state index contributed by atoms with van der Waals surface area (Å²) in [7, 11) is 3.64. The first-order valence-electron chi connectivity index (χ1n) is 4.52. The van der Waals surface area contributed by atoms with Crippen molar-refractivity contribution in [2.45, 2.75) is 38.6 Å². The normalized spacial score (nSPS) is 15.8. The fourth-order valence-electron chi connectivity index (χ4n) is 0.922. The zero-order chi connectivity index (χ0) is 8.97. The van der Waals surface area contributed by atoms with Gasteiger partial charge in [-0.1, -0.05) is 13.3 Å². The molecule has 0 unspecified atom stereocenters. The predicted octanol–water partition coefficient (Wildman–Crippen LogP) is 2.18. The molecule has 0 heterocycles. The van der Waals surface area contributed by atoms with E-state index < -0.39 is 0 Å². The van der Waals surface area contributed by atoms with E-state index in [0.717, 1.165) is 25.7 Å². The van der Waals surface area contributed by atoms with Gasteiger partial charge in [-0.25, -0.2) is 4.79 Å². The lowest BCUT2D eigenvalue weighted by Crippen LogP contribution is -2.27. The number of unbranched alkanes of at least 4 members (excludes halogenated alkanes) is 1. The summed E-state index contributed by atoms with van der Waals surface area (Å²) >= 11 is 0. The summed E-state index contributed by atoms with van der Waals surface area (Å²) in [5.74, 6) is 0. The highest BCUT2D eigenvalue weighted by atomic mass is 16.6. The third-order valence-corrected chi connectivity index (χ3v) is 1.95. The van der Waals surface area contributed by atoms with E-state index in [4.69, 9.17) is 4.74 Å². The smallest absolute Gasteiger partial charge is 0.410 e. The van der Waals surface area contributed by atoms with Crippen LogP contribution in [0.3, 0.4) is 0 Å². The fourth-order valence-corrected chi connectivity index (χ4v) is 0.922. The van der Waals surface area contributed by atoms with Crippen molar-refractivity contribution in [2.24, 2.45) is 0 Å². The van der Waals surface area contributed by atoms with Crippen molar-refractivity contribution in [3.05, 3.63) is 7.05 Å². The quantitative estimate of drug-likeness (QED) is 0.605. The Hall–Kier alpha value is -0.730. The maximum absolute atomic E-state index is 11.1. The molecular weight excluding hydrogens is 154 g/mol. The summed E-state index contributed by atoms with van der Waals surface area (Å²) in [4.78, 5) is 12.6. The summed E-state index contributed by atoms with van der Waals surface area (Å²) in [6.45, 7) is 2.59. The summed E-state index contributed by atoms with van der Waals surface area (Å²) in [6.07, 6.45) is 3.86. The van der Waals surface area contributed by atoms with E-state index in [0.29, 0.717) is 12.6 Å². The van der Waals surface area contributed by atoms with Crippen molar-refractivity contribution < 1.29 is 9.53 Å².